The summed E-state index contributed by atoms with van der Waals surface area (Å²) in [5.74, 6) is 2.45. The molecule has 0 aliphatic heterocycles. The van der Waals surface area contributed by atoms with Crippen molar-refractivity contribution in [2.75, 3.05) is 5.73 Å². The first-order chi connectivity index (χ1) is 8.08. The molecule has 0 radical (unpaired) electrons. The highest BCUT2D eigenvalue weighted by Crippen LogP contribution is 2.29. The lowest BCUT2D eigenvalue weighted by atomic mass is 9.88. The molecule has 0 bridgehead atoms. The Hall–Kier alpha value is -1.32. The van der Waals surface area contributed by atoms with Crippen LogP contribution in [-0.2, 0) is 0 Å². The number of ether oxygens (including phenoxy) is 1. The van der Waals surface area contributed by atoms with E-state index < -0.39 is 0 Å². The number of nitrogens with two attached hydrogens (primary N) is 1. The minimum Gasteiger partial charge on any atom is -0.474 e. The summed E-state index contributed by atoms with van der Waals surface area (Å²) in [4.78, 5) is 8.48. The van der Waals surface area contributed by atoms with Crippen LogP contribution in [0, 0.1) is 19.8 Å². The average Bonchev–Trinajstić information content (AvgIpc) is 2.28. The lowest BCUT2D eigenvalue weighted by molar-refractivity contribution is 0.0965. The molecule has 2 N–H and O–H groups in total. The minimum absolute atomic E-state index is 0.274. The van der Waals surface area contributed by atoms with Crippen molar-refractivity contribution in [3.8, 4) is 5.88 Å². The van der Waals surface area contributed by atoms with Crippen LogP contribution in [0.1, 0.15) is 44.0 Å². The normalized spacial score (nSPS) is 24.6. The summed E-state index contributed by atoms with van der Waals surface area (Å²) in [6.45, 7) is 6.00. The van der Waals surface area contributed by atoms with E-state index in [0.717, 1.165) is 12.0 Å². The third-order valence-corrected chi connectivity index (χ3v) is 3.55. The van der Waals surface area contributed by atoms with Crippen molar-refractivity contribution in [1.29, 1.82) is 0 Å². The molecule has 2 rings (SSSR count). The molecule has 1 saturated carbocycles. The van der Waals surface area contributed by atoms with Gasteiger partial charge in [-0.25, -0.2) is 4.98 Å². The summed E-state index contributed by atoms with van der Waals surface area (Å²) in [6.07, 6.45) is 5.18. The smallest absolute Gasteiger partial charge is 0.222 e. The van der Waals surface area contributed by atoms with Crippen molar-refractivity contribution in [1.82, 2.24) is 9.97 Å². The SMILES string of the molecule is Cc1nc(N)c(C)c(OC2CCCCC2C)n1. The Bertz CT molecular complexity index is 406. The Balaban J connectivity index is 2.17. The van der Waals surface area contributed by atoms with E-state index in [0.29, 0.717) is 23.4 Å². The molecule has 94 valence electrons. The highest BCUT2D eigenvalue weighted by Gasteiger charge is 2.24. The molecule has 0 amide bonds. The van der Waals surface area contributed by atoms with Gasteiger partial charge >= 0.3 is 0 Å². The van der Waals surface area contributed by atoms with Crippen molar-refractivity contribution in [2.45, 2.75) is 52.6 Å². The Labute approximate surface area is 103 Å². The third-order valence-electron chi connectivity index (χ3n) is 3.55. The number of hydrogen-bond acceptors (Lipinski definition) is 4. The molecule has 0 spiro atoms. The van der Waals surface area contributed by atoms with Crippen LogP contribution in [0.5, 0.6) is 5.88 Å². The van der Waals surface area contributed by atoms with Gasteiger partial charge in [0, 0.05) is 0 Å². The number of aromatic nitrogens is 2. The summed E-state index contributed by atoms with van der Waals surface area (Å²) < 4.78 is 6.03. The number of aryl methyl sites for hydroxylation is 1. The molecule has 1 aromatic rings. The fourth-order valence-corrected chi connectivity index (χ4v) is 2.34. The van der Waals surface area contributed by atoms with Crippen LogP contribution in [0.25, 0.3) is 0 Å². The zero-order valence-electron chi connectivity index (χ0n) is 10.9. The molecule has 17 heavy (non-hydrogen) atoms. The first-order valence-electron chi connectivity index (χ1n) is 6.35. The maximum Gasteiger partial charge on any atom is 0.222 e. The quantitative estimate of drug-likeness (QED) is 0.856. The summed E-state index contributed by atoms with van der Waals surface area (Å²) in [5.41, 5.74) is 6.69. The van der Waals surface area contributed by atoms with Gasteiger partial charge in [0.15, 0.2) is 0 Å². The molecule has 1 aromatic heterocycles. The van der Waals surface area contributed by atoms with Crippen molar-refractivity contribution in [3.05, 3.63) is 11.4 Å². The molecule has 0 aromatic carbocycles. The van der Waals surface area contributed by atoms with Gasteiger partial charge in [-0.2, -0.15) is 4.98 Å². The fraction of sp³-hybridized carbons (Fsp3) is 0.692. The van der Waals surface area contributed by atoms with Gasteiger partial charge in [0.05, 0.1) is 5.56 Å². The van der Waals surface area contributed by atoms with Crippen molar-refractivity contribution in [3.63, 3.8) is 0 Å². The molecular weight excluding hydrogens is 214 g/mol. The highest BCUT2D eigenvalue weighted by molar-refractivity contribution is 5.44. The summed E-state index contributed by atoms with van der Waals surface area (Å²) >= 11 is 0. The molecule has 0 saturated heterocycles. The molecule has 1 heterocycles. The van der Waals surface area contributed by atoms with E-state index in [-0.39, 0.29) is 6.10 Å². The second kappa shape index (κ2) is 4.90. The van der Waals surface area contributed by atoms with Gasteiger partial charge in [-0.15, -0.1) is 0 Å². The van der Waals surface area contributed by atoms with Gasteiger partial charge in [0.1, 0.15) is 17.7 Å². The van der Waals surface area contributed by atoms with E-state index in [1.807, 2.05) is 13.8 Å². The maximum atomic E-state index is 6.03. The second-order valence-corrected chi connectivity index (χ2v) is 5.00. The molecule has 1 aliphatic carbocycles. The lowest BCUT2D eigenvalue weighted by Crippen LogP contribution is -2.29. The largest absolute Gasteiger partial charge is 0.474 e. The third kappa shape index (κ3) is 2.68. The minimum atomic E-state index is 0.274. The van der Waals surface area contributed by atoms with Crippen LogP contribution < -0.4 is 10.5 Å². The van der Waals surface area contributed by atoms with Crippen LogP contribution in [0.4, 0.5) is 5.82 Å². The summed E-state index contributed by atoms with van der Waals surface area (Å²) in [5, 5.41) is 0. The highest BCUT2D eigenvalue weighted by atomic mass is 16.5. The van der Waals surface area contributed by atoms with E-state index >= 15 is 0 Å². The zero-order valence-corrected chi connectivity index (χ0v) is 10.9. The Morgan fingerprint density at radius 2 is 1.88 bits per heavy atom. The Morgan fingerprint density at radius 3 is 2.59 bits per heavy atom. The van der Waals surface area contributed by atoms with E-state index in [9.17, 15) is 0 Å². The standard InChI is InChI=1S/C13H21N3O/c1-8-6-4-5-7-11(8)17-13-9(2)12(14)15-10(3)16-13/h8,11H,4-7H2,1-3H3,(H2,14,15,16). The molecule has 1 aliphatic rings. The molecule has 2 atom stereocenters. The predicted molar refractivity (Wildman–Crippen MR) is 68.0 cm³/mol. The Morgan fingerprint density at radius 1 is 1.18 bits per heavy atom. The number of rotatable bonds is 2. The van der Waals surface area contributed by atoms with Crippen molar-refractivity contribution >= 4 is 5.82 Å². The van der Waals surface area contributed by atoms with E-state index in [1.165, 1.54) is 19.3 Å². The van der Waals surface area contributed by atoms with E-state index in [4.69, 9.17) is 10.5 Å². The summed E-state index contributed by atoms with van der Waals surface area (Å²) in [6, 6.07) is 0. The van der Waals surface area contributed by atoms with Gasteiger partial charge in [-0.1, -0.05) is 13.3 Å². The first-order valence-corrected chi connectivity index (χ1v) is 6.35. The second-order valence-electron chi connectivity index (χ2n) is 5.00. The van der Waals surface area contributed by atoms with Crippen LogP contribution in [0.15, 0.2) is 0 Å². The number of nitrogens with zero attached hydrogens (tertiary/aromatic N) is 2. The summed E-state index contributed by atoms with van der Waals surface area (Å²) in [7, 11) is 0. The van der Waals surface area contributed by atoms with E-state index in [1.54, 1.807) is 0 Å². The average molecular weight is 235 g/mol. The van der Waals surface area contributed by atoms with Crippen LogP contribution >= 0.6 is 0 Å². The monoisotopic (exact) mass is 235 g/mol. The molecule has 4 heteroatoms. The van der Waals surface area contributed by atoms with Crippen LogP contribution in [-0.4, -0.2) is 16.1 Å². The van der Waals surface area contributed by atoms with Gasteiger partial charge in [-0.3, -0.25) is 0 Å². The predicted octanol–water partition coefficient (Wildman–Crippen LogP) is 2.63. The first kappa shape index (κ1) is 12.1. The van der Waals surface area contributed by atoms with Crippen LogP contribution in [0.3, 0.4) is 0 Å². The molecule has 1 fully saturated rings. The number of anilines is 1. The fourth-order valence-electron chi connectivity index (χ4n) is 2.34. The topological polar surface area (TPSA) is 61.0 Å². The van der Waals surface area contributed by atoms with E-state index in [2.05, 4.69) is 16.9 Å². The Kier molecular flexibility index (Phi) is 3.50. The van der Waals surface area contributed by atoms with Crippen molar-refractivity contribution in [2.24, 2.45) is 5.92 Å². The van der Waals surface area contributed by atoms with Gasteiger partial charge in [0.2, 0.25) is 5.88 Å². The lowest BCUT2D eigenvalue weighted by Gasteiger charge is -2.29. The maximum absolute atomic E-state index is 6.03. The van der Waals surface area contributed by atoms with Gasteiger partial charge in [-0.05, 0) is 39.0 Å². The van der Waals surface area contributed by atoms with Crippen LogP contribution in [0.2, 0.25) is 0 Å². The van der Waals surface area contributed by atoms with Gasteiger partial charge < -0.3 is 10.5 Å². The molecule has 4 nitrogen and oxygen atoms in total. The zero-order chi connectivity index (χ0) is 12.4. The molecule has 2 unspecified atom stereocenters. The van der Waals surface area contributed by atoms with Gasteiger partial charge in [0.25, 0.3) is 0 Å². The number of nitrogen functional groups attached to an aromatic ring is 1. The molecular formula is C13H21N3O. The number of hydrogen-bond donors (Lipinski definition) is 1. The van der Waals surface area contributed by atoms with Crippen molar-refractivity contribution < 1.29 is 4.74 Å².